The molecular weight excluding hydrogens is 247 g/mol. The molecule has 0 N–H and O–H groups in total. The van der Waals surface area contributed by atoms with Crippen molar-refractivity contribution in [3.63, 3.8) is 0 Å². The molecule has 0 aromatic heterocycles. The maximum Gasteiger partial charge on any atom is -0.00210 e. The Morgan fingerprint density at radius 1 is 0.526 bits per heavy atom. The van der Waals surface area contributed by atoms with Crippen LogP contribution in [0, 0.1) is 0 Å². The average molecular weight is 260 g/mol. The monoisotopic (exact) mass is 260 g/mol. The van der Waals surface area contributed by atoms with Crippen LogP contribution in [-0.4, -0.2) is 0 Å². The van der Waals surface area contributed by atoms with E-state index in [2.05, 4.69) is 76.0 Å². The molecule has 4 rings (SSSR count). The van der Waals surface area contributed by atoms with Gasteiger partial charge in [-0.25, -0.2) is 0 Å². The molecule has 0 bridgehead atoms. The van der Waals surface area contributed by atoms with E-state index in [-0.39, 0.29) is 0 Å². The Labute approximate surface area is 115 Å². The van der Waals surface area contributed by atoms with Gasteiger partial charge in [0.25, 0.3) is 0 Å². The molecule has 3 aromatic carbocycles. The molecule has 0 aliphatic heterocycles. The molecule has 1 aliphatic rings. The molecule has 90 valence electrons. The first-order chi connectivity index (χ1) is 9.36. The summed E-state index contributed by atoms with van der Waals surface area (Å²) in [6.45, 7) is 0. The van der Waals surface area contributed by atoms with Crippen LogP contribution in [0.1, 0.15) is 0 Å². The Bertz CT molecular complexity index is 754. The van der Waals surface area contributed by atoms with Gasteiger partial charge in [0.2, 0.25) is 0 Å². The molecule has 0 saturated heterocycles. The van der Waals surface area contributed by atoms with E-state index in [0.29, 0.717) is 0 Å². The first-order valence-electron chi connectivity index (χ1n) is 6.44. The van der Waals surface area contributed by atoms with E-state index in [1.165, 1.54) is 38.7 Å². The highest BCUT2D eigenvalue weighted by Gasteiger charge is 2.24. The van der Waals surface area contributed by atoms with Gasteiger partial charge in [0.15, 0.2) is 0 Å². The Morgan fingerprint density at radius 3 is 1.95 bits per heavy atom. The summed E-state index contributed by atoms with van der Waals surface area (Å²) in [5, 5.41) is 1.31. The van der Waals surface area contributed by atoms with Gasteiger partial charge in [-0.1, -0.05) is 66.7 Å². The molecule has 19 heavy (non-hydrogen) atoms. The summed E-state index contributed by atoms with van der Waals surface area (Å²) >= 11 is 0. The second-order valence-electron chi connectivity index (χ2n) is 4.86. The molecule has 0 amide bonds. The van der Waals surface area contributed by atoms with E-state index >= 15 is 0 Å². The number of hydrogen-bond donors (Lipinski definition) is 0. The summed E-state index contributed by atoms with van der Waals surface area (Å²) in [5.74, 6) is 0. The van der Waals surface area contributed by atoms with Gasteiger partial charge in [-0.3, -0.25) is 0 Å². The van der Waals surface area contributed by atoms with Crippen LogP contribution in [0.25, 0.3) is 33.4 Å². The highest BCUT2D eigenvalue weighted by molar-refractivity contribution is 7.28. The molecule has 0 heterocycles. The number of hydrogen-bond acceptors (Lipinski definition) is 0. The van der Waals surface area contributed by atoms with Crippen LogP contribution in [0.4, 0.5) is 0 Å². The number of benzene rings is 3. The lowest BCUT2D eigenvalue weighted by Crippen LogP contribution is -2.10. The maximum atomic E-state index is 2.92. The van der Waals surface area contributed by atoms with Crippen LogP contribution in [0.3, 0.4) is 0 Å². The Hall–Kier alpha value is -1.91. The van der Waals surface area contributed by atoms with Crippen LogP contribution < -0.4 is 5.30 Å². The average Bonchev–Trinajstić information content (AvgIpc) is 2.45. The van der Waals surface area contributed by atoms with Gasteiger partial charge in [0, 0.05) is 0 Å². The summed E-state index contributed by atoms with van der Waals surface area (Å²) in [5.41, 5.74) is 8.10. The molecular formula is C18H13P. The lowest BCUT2D eigenvalue weighted by molar-refractivity contribution is 1.54. The Kier molecular flexibility index (Phi) is 2.33. The first kappa shape index (κ1) is 11.0. The summed E-state index contributed by atoms with van der Waals surface area (Å²) in [6.07, 6.45) is 0. The maximum absolute atomic E-state index is 2.92. The van der Waals surface area contributed by atoms with Crippen molar-refractivity contribution in [2.24, 2.45) is 0 Å². The minimum atomic E-state index is 1.28. The third kappa shape index (κ3) is 1.50. The number of rotatable bonds is 1. The van der Waals surface area contributed by atoms with Crippen LogP contribution in [0.2, 0.25) is 0 Å². The fourth-order valence-electron chi connectivity index (χ4n) is 2.88. The summed E-state index contributed by atoms with van der Waals surface area (Å²) < 4.78 is 0. The third-order valence-electron chi connectivity index (χ3n) is 3.82. The van der Waals surface area contributed by atoms with Crippen molar-refractivity contribution in [1.82, 2.24) is 0 Å². The highest BCUT2D eigenvalue weighted by atomic mass is 31.0. The molecule has 1 unspecified atom stereocenters. The minimum Gasteiger partial charge on any atom is -0.104 e. The van der Waals surface area contributed by atoms with Gasteiger partial charge in [0.05, 0.1) is 0 Å². The van der Waals surface area contributed by atoms with Crippen LogP contribution in [0.15, 0.2) is 66.7 Å². The van der Waals surface area contributed by atoms with Gasteiger partial charge >= 0.3 is 0 Å². The predicted octanol–water partition coefficient (Wildman–Crippen LogP) is 4.50. The lowest BCUT2D eigenvalue weighted by Gasteiger charge is -2.27. The standard InChI is InChI=1S/C18H13P/c19-18-13(12-6-2-1-3-7-12)10-11-16-14-8-4-5-9-15(14)17(16)18/h1-11H,19H2. The summed E-state index contributed by atoms with van der Waals surface area (Å²) in [6, 6.07) is 23.7. The second kappa shape index (κ2) is 4.05. The molecule has 0 radical (unpaired) electrons. The van der Waals surface area contributed by atoms with Gasteiger partial charge < -0.3 is 0 Å². The molecule has 3 aromatic rings. The van der Waals surface area contributed by atoms with Crippen LogP contribution >= 0.6 is 9.24 Å². The van der Waals surface area contributed by atoms with Gasteiger partial charge in [0.1, 0.15) is 0 Å². The SMILES string of the molecule is Pc1c(-c2ccccc2)ccc2c1-c1ccccc1-2. The Morgan fingerprint density at radius 2 is 1.16 bits per heavy atom. The number of fused-ring (bicyclic) bond motifs is 4. The fourth-order valence-corrected chi connectivity index (χ4v) is 3.45. The molecule has 0 spiro atoms. The van der Waals surface area contributed by atoms with Crippen molar-refractivity contribution in [2.75, 3.05) is 0 Å². The fraction of sp³-hybridized carbons (Fsp3) is 0. The van der Waals surface area contributed by atoms with Crippen molar-refractivity contribution in [3.8, 4) is 33.4 Å². The summed E-state index contributed by atoms with van der Waals surface area (Å²) in [4.78, 5) is 0. The zero-order valence-electron chi connectivity index (χ0n) is 10.4. The zero-order chi connectivity index (χ0) is 12.8. The van der Waals surface area contributed by atoms with E-state index < -0.39 is 0 Å². The first-order valence-corrected chi connectivity index (χ1v) is 7.01. The van der Waals surface area contributed by atoms with Crippen LogP contribution in [-0.2, 0) is 0 Å². The molecule has 1 aliphatic carbocycles. The molecule has 0 nitrogen and oxygen atoms in total. The van der Waals surface area contributed by atoms with Crippen molar-refractivity contribution >= 4 is 14.5 Å². The predicted molar refractivity (Wildman–Crippen MR) is 85.7 cm³/mol. The normalized spacial score (nSPS) is 11.4. The van der Waals surface area contributed by atoms with E-state index in [9.17, 15) is 0 Å². The van der Waals surface area contributed by atoms with Gasteiger partial charge in [-0.2, -0.15) is 0 Å². The van der Waals surface area contributed by atoms with E-state index in [1.54, 1.807) is 0 Å². The van der Waals surface area contributed by atoms with Crippen LogP contribution in [0.5, 0.6) is 0 Å². The van der Waals surface area contributed by atoms with Crippen molar-refractivity contribution in [1.29, 1.82) is 0 Å². The molecule has 0 fully saturated rings. The van der Waals surface area contributed by atoms with Crippen molar-refractivity contribution in [3.05, 3.63) is 66.7 Å². The molecule has 1 atom stereocenters. The second-order valence-corrected chi connectivity index (χ2v) is 5.44. The van der Waals surface area contributed by atoms with Gasteiger partial charge in [-0.15, -0.1) is 9.24 Å². The Balaban J connectivity index is 1.94. The van der Waals surface area contributed by atoms with E-state index in [1.807, 2.05) is 0 Å². The van der Waals surface area contributed by atoms with Crippen molar-refractivity contribution in [2.45, 2.75) is 0 Å². The smallest absolute Gasteiger partial charge is 0.00210 e. The zero-order valence-corrected chi connectivity index (χ0v) is 11.6. The lowest BCUT2D eigenvalue weighted by atomic mass is 9.79. The quantitative estimate of drug-likeness (QED) is 0.442. The largest absolute Gasteiger partial charge is 0.104 e. The topological polar surface area (TPSA) is 0 Å². The minimum absolute atomic E-state index is 1.28. The third-order valence-corrected chi connectivity index (χ3v) is 4.42. The molecule has 0 saturated carbocycles. The molecule has 1 heteroatoms. The van der Waals surface area contributed by atoms with Gasteiger partial charge in [-0.05, 0) is 38.7 Å². The highest BCUT2D eigenvalue weighted by Crippen LogP contribution is 2.47. The van der Waals surface area contributed by atoms with E-state index in [4.69, 9.17) is 0 Å². The van der Waals surface area contributed by atoms with Crippen molar-refractivity contribution < 1.29 is 0 Å². The summed E-state index contributed by atoms with van der Waals surface area (Å²) in [7, 11) is 2.92. The van der Waals surface area contributed by atoms with E-state index in [0.717, 1.165) is 0 Å².